The second-order valence-corrected chi connectivity index (χ2v) is 23.5. The average molecular weight is 1070 g/mol. The van der Waals surface area contributed by atoms with Gasteiger partial charge in [0.05, 0.1) is 83.9 Å². The lowest BCUT2D eigenvalue weighted by Gasteiger charge is -2.40. The number of hydrogen-bond acceptors (Lipinski definition) is 14. The van der Waals surface area contributed by atoms with Crippen LogP contribution in [0.25, 0.3) is 33.4 Å². The number of nitrogens with one attached hydrogen (secondary N) is 2. The molecule has 3 fully saturated rings. The number of ether oxygens (including phenoxy) is 4. The number of nitrogens with zero attached hydrogens (tertiary/aromatic N) is 7. The zero-order valence-electron chi connectivity index (χ0n) is 44.6. The number of amides is 3. The molecule has 6 bridgehead atoms. The molecule has 0 radical (unpaired) electrons. The van der Waals surface area contributed by atoms with Crippen molar-refractivity contribution in [1.29, 1.82) is 0 Å². The lowest BCUT2D eigenvalue weighted by molar-refractivity contribution is -0.155. The Hall–Kier alpha value is -5.42. The highest BCUT2D eigenvalue weighted by Gasteiger charge is 2.40. The summed E-state index contributed by atoms with van der Waals surface area (Å²) in [5.74, 6) is -3.38. The minimum absolute atomic E-state index is 0.00141. The monoisotopic (exact) mass is 1070 g/mol. The van der Waals surface area contributed by atoms with Crippen LogP contribution in [0.15, 0.2) is 29.8 Å². The Labute approximate surface area is 439 Å². The molecule has 410 valence electrons. The van der Waals surface area contributed by atoms with Crippen molar-refractivity contribution in [2.75, 3.05) is 78.1 Å². The predicted molar refractivity (Wildman–Crippen MR) is 275 cm³/mol. The molecule has 75 heavy (non-hydrogen) atoms. The molecule has 0 unspecified atom stereocenters. The Morgan fingerprint density at radius 2 is 1.75 bits per heavy atom. The number of carbonyl (C=O) groups excluding carboxylic acids is 4. The summed E-state index contributed by atoms with van der Waals surface area (Å²) in [5.41, 5.74) is 3.85. The number of benzene rings is 1. The van der Waals surface area contributed by atoms with E-state index in [1.54, 1.807) is 39.3 Å². The maximum absolute atomic E-state index is 16.9. The Kier molecular flexibility index (Phi) is 16.6. The maximum Gasteiger partial charge on any atom is 0.410 e. The standard InChI is InChI=1S/C53H71F4N9O8S/c1-30(2)38(26-72-33-24-64(25-33)50(70)74-51(4,5)6)47(67)60-41-21-44-59-42(27-75-44)35-19-34-37(22-52(7,8)29-73-49(69)40-12-11-13-66(61-40)48(41)68)46(65(28-53(55,56)57)43(34)20-39(35)54)36-18-32(23-58-45(36)31(3)71-10)63-16-14-62(9)15-17-63/h18-20,23,27,30-31,33,38,40-41,61H,11-17,21-22,24-26,28-29H2,1-10H3,(H,60,67)/t31-,38+,40-,41-/m0/s1. The molecule has 7 heterocycles. The Balaban J connectivity index is 1.19. The third-order valence-corrected chi connectivity index (χ3v) is 15.2. The first-order valence-corrected chi connectivity index (χ1v) is 26.6. The van der Waals surface area contributed by atoms with Crippen molar-refractivity contribution in [3.63, 3.8) is 0 Å². The van der Waals surface area contributed by atoms with Crippen LogP contribution in [-0.4, -0.2) is 156 Å². The van der Waals surface area contributed by atoms with E-state index in [0.29, 0.717) is 71.9 Å². The van der Waals surface area contributed by atoms with Gasteiger partial charge in [-0.2, -0.15) is 13.2 Å². The SMILES string of the molecule is CO[C@@H](C)c1ncc(N2CCN(C)CC2)cc1-c1c2c3cc(c(F)cc3n1CC(F)(F)F)-c1csc(n1)C[C@H](NC(=O)[C@H](COC1CN(C(=O)OC(C)(C)C)C1)C(C)C)C(=O)N1CCC[C@H](N1)C(=O)OCC(C)(C)C2. The molecular formula is C53H71F4N9O8S. The molecule has 0 aliphatic carbocycles. The number of piperazine rings is 1. The number of pyridine rings is 1. The zero-order chi connectivity index (χ0) is 54.3. The lowest BCUT2D eigenvalue weighted by Crippen LogP contribution is -2.61. The van der Waals surface area contributed by atoms with Crippen LogP contribution in [0.4, 0.5) is 28.0 Å². The molecule has 8 rings (SSSR count). The summed E-state index contributed by atoms with van der Waals surface area (Å²) in [5, 5.41) is 6.61. The predicted octanol–water partition coefficient (Wildman–Crippen LogP) is 7.54. The van der Waals surface area contributed by atoms with Crippen LogP contribution in [0.5, 0.6) is 0 Å². The van der Waals surface area contributed by atoms with E-state index in [-0.39, 0.29) is 67.1 Å². The molecule has 0 saturated carbocycles. The number of carbonyl (C=O) groups is 4. The summed E-state index contributed by atoms with van der Waals surface area (Å²) in [7, 11) is 3.53. The van der Waals surface area contributed by atoms with Crippen LogP contribution in [0, 0.1) is 23.1 Å². The van der Waals surface area contributed by atoms with Gasteiger partial charge < -0.3 is 43.5 Å². The number of fused-ring (bicyclic) bond motifs is 6. The van der Waals surface area contributed by atoms with Gasteiger partial charge in [-0.25, -0.2) is 19.6 Å². The quantitative estimate of drug-likeness (QED) is 0.112. The van der Waals surface area contributed by atoms with E-state index in [0.717, 1.165) is 35.1 Å². The number of halogens is 4. The summed E-state index contributed by atoms with van der Waals surface area (Å²) in [6.45, 7) is 16.6. The van der Waals surface area contributed by atoms with Gasteiger partial charge in [0.2, 0.25) is 5.91 Å². The lowest BCUT2D eigenvalue weighted by atomic mass is 9.84. The van der Waals surface area contributed by atoms with Crippen LogP contribution >= 0.6 is 11.3 Å². The van der Waals surface area contributed by atoms with E-state index in [1.165, 1.54) is 23.1 Å². The van der Waals surface area contributed by atoms with E-state index in [1.807, 2.05) is 40.8 Å². The van der Waals surface area contributed by atoms with Gasteiger partial charge in [-0.05, 0) is 83.7 Å². The summed E-state index contributed by atoms with van der Waals surface area (Å²) in [6.07, 6.45) is -3.71. The summed E-state index contributed by atoms with van der Waals surface area (Å²) in [4.78, 5) is 71.0. The third kappa shape index (κ3) is 13.1. The first kappa shape index (κ1) is 55.8. The number of hydrazine groups is 1. The largest absolute Gasteiger partial charge is 0.464 e. The van der Waals surface area contributed by atoms with Crippen molar-refractivity contribution >= 4 is 51.8 Å². The third-order valence-electron chi connectivity index (χ3n) is 14.3. The number of alkyl halides is 3. The first-order valence-electron chi connectivity index (χ1n) is 25.7. The second kappa shape index (κ2) is 22.3. The average Bonchev–Trinajstić information content (AvgIpc) is 3.90. The highest BCUT2D eigenvalue weighted by molar-refractivity contribution is 7.10. The number of rotatable bonds is 11. The molecule has 4 aliphatic heterocycles. The molecule has 4 aromatic rings. The fourth-order valence-corrected chi connectivity index (χ4v) is 10.8. The molecule has 3 saturated heterocycles. The molecule has 22 heteroatoms. The Bertz CT molecular complexity index is 2740. The second-order valence-electron chi connectivity index (χ2n) is 22.5. The first-order chi connectivity index (χ1) is 35.3. The topological polar surface area (TPSA) is 173 Å². The zero-order valence-corrected chi connectivity index (χ0v) is 45.4. The Morgan fingerprint density at radius 1 is 1.03 bits per heavy atom. The summed E-state index contributed by atoms with van der Waals surface area (Å²) >= 11 is 1.14. The van der Waals surface area contributed by atoms with E-state index < -0.39 is 77.5 Å². The molecule has 0 spiro atoms. The van der Waals surface area contributed by atoms with Crippen LogP contribution in [-0.2, 0) is 52.7 Å². The van der Waals surface area contributed by atoms with Gasteiger partial charge >= 0.3 is 18.2 Å². The Morgan fingerprint density at radius 3 is 2.41 bits per heavy atom. The molecular weight excluding hydrogens is 999 g/mol. The van der Waals surface area contributed by atoms with Crippen LogP contribution in [0.1, 0.15) is 90.6 Å². The molecule has 1 aromatic carbocycles. The van der Waals surface area contributed by atoms with Gasteiger partial charge in [0, 0.05) is 73.6 Å². The fourth-order valence-electron chi connectivity index (χ4n) is 10.0. The molecule has 3 aromatic heterocycles. The van der Waals surface area contributed by atoms with Crippen LogP contribution in [0.2, 0.25) is 0 Å². The normalized spacial score (nSPS) is 21.2. The van der Waals surface area contributed by atoms with Gasteiger partial charge in [-0.1, -0.05) is 27.7 Å². The van der Waals surface area contributed by atoms with E-state index in [9.17, 15) is 19.2 Å². The van der Waals surface area contributed by atoms with Crippen LogP contribution in [0.3, 0.4) is 0 Å². The molecule has 4 atom stereocenters. The molecule has 2 N–H and O–H groups in total. The number of likely N-dealkylation sites (tertiary alicyclic amines) is 1. The van der Waals surface area contributed by atoms with Crippen LogP contribution < -0.4 is 15.6 Å². The molecule has 3 amide bonds. The highest BCUT2D eigenvalue weighted by Crippen LogP contribution is 2.45. The number of methoxy groups -OCH3 is 1. The number of hydrogen-bond donors (Lipinski definition) is 2. The molecule has 17 nitrogen and oxygen atoms in total. The van der Waals surface area contributed by atoms with E-state index >= 15 is 17.6 Å². The van der Waals surface area contributed by atoms with Crippen molar-refractivity contribution in [1.82, 2.24) is 40.1 Å². The van der Waals surface area contributed by atoms with Gasteiger partial charge in [-0.3, -0.25) is 24.4 Å². The smallest absolute Gasteiger partial charge is 0.410 e. The summed E-state index contributed by atoms with van der Waals surface area (Å²) < 4.78 is 86.5. The van der Waals surface area contributed by atoms with Gasteiger partial charge in [-0.15, -0.1) is 11.3 Å². The number of esters is 1. The minimum atomic E-state index is -4.74. The number of cyclic esters (lactones) is 1. The highest BCUT2D eigenvalue weighted by atomic mass is 32.1. The minimum Gasteiger partial charge on any atom is -0.464 e. The van der Waals surface area contributed by atoms with Crippen molar-refractivity contribution < 1.29 is 55.7 Å². The van der Waals surface area contributed by atoms with Gasteiger partial charge in [0.25, 0.3) is 5.91 Å². The van der Waals surface area contributed by atoms with E-state index in [2.05, 4.69) is 20.5 Å². The van der Waals surface area contributed by atoms with Crippen molar-refractivity contribution in [3.8, 4) is 22.5 Å². The fraction of sp³-hybridized carbons (Fsp3) is 0.623. The van der Waals surface area contributed by atoms with Crippen molar-refractivity contribution in [2.24, 2.45) is 17.3 Å². The van der Waals surface area contributed by atoms with Crippen molar-refractivity contribution in [2.45, 2.75) is 124 Å². The maximum atomic E-state index is 16.9. The number of anilines is 1. The summed E-state index contributed by atoms with van der Waals surface area (Å²) in [6, 6.07) is 2.36. The molecule has 4 aliphatic rings. The van der Waals surface area contributed by atoms with Crippen molar-refractivity contribution in [3.05, 3.63) is 51.9 Å². The van der Waals surface area contributed by atoms with Gasteiger partial charge in [0.15, 0.2) is 0 Å². The van der Waals surface area contributed by atoms with Gasteiger partial charge in [0.1, 0.15) is 30.0 Å². The number of thiazole rings is 1. The number of likely N-dealkylation sites (N-methyl/N-ethyl adjacent to an activating group) is 1. The van der Waals surface area contributed by atoms with E-state index in [4.69, 9.17) is 28.9 Å². The number of aromatic nitrogens is 3.